The van der Waals surface area contributed by atoms with E-state index in [-0.39, 0.29) is 11.0 Å². The number of halogens is 1. The first-order valence-corrected chi connectivity index (χ1v) is 9.17. The van der Waals surface area contributed by atoms with Gasteiger partial charge >= 0.3 is 0 Å². The molecule has 0 aliphatic carbocycles. The molecule has 1 heterocycles. The zero-order valence-corrected chi connectivity index (χ0v) is 15.2. The molecule has 0 radical (unpaired) electrons. The Kier molecular flexibility index (Phi) is 5.28. The Bertz CT molecular complexity index is 700. The molecular weight excluding hydrogens is 376 g/mol. The molecule has 0 amide bonds. The molecular formula is C18H17BrO3S. The van der Waals surface area contributed by atoms with E-state index in [1.54, 1.807) is 0 Å². The standard InChI is InChI=1S/C18H17BrO3S/c1-12(18(20)13-3-5-14(19)6-4-13)23-15-7-8-16-17(11-15)22-10-2-9-21-16/h3-8,11-12H,2,9-10H2,1H3/t12-/m0/s1. The number of hydrogen-bond donors (Lipinski definition) is 0. The predicted octanol–water partition coefficient (Wildman–Crippen LogP) is 4.97. The van der Waals surface area contributed by atoms with Gasteiger partial charge in [0.25, 0.3) is 0 Å². The van der Waals surface area contributed by atoms with Gasteiger partial charge in [0.15, 0.2) is 17.3 Å². The Morgan fingerprint density at radius 2 is 1.78 bits per heavy atom. The monoisotopic (exact) mass is 392 g/mol. The topological polar surface area (TPSA) is 35.5 Å². The third kappa shape index (κ3) is 4.09. The van der Waals surface area contributed by atoms with Gasteiger partial charge < -0.3 is 9.47 Å². The van der Waals surface area contributed by atoms with Crippen LogP contribution in [0, 0.1) is 0 Å². The third-order valence-corrected chi connectivity index (χ3v) is 5.15. The van der Waals surface area contributed by atoms with Crippen molar-refractivity contribution in [2.45, 2.75) is 23.5 Å². The van der Waals surface area contributed by atoms with Crippen molar-refractivity contribution in [2.24, 2.45) is 0 Å². The van der Waals surface area contributed by atoms with Crippen molar-refractivity contribution >= 4 is 33.5 Å². The van der Waals surface area contributed by atoms with Gasteiger partial charge in [-0.1, -0.05) is 28.1 Å². The quantitative estimate of drug-likeness (QED) is 0.543. The van der Waals surface area contributed by atoms with E-state index in [0.717, 1.165) is 32.9 Å². The number of ketones is 1. The fourth-order valence-corrected chi connectivity index (χ4v) is 3.56. The van der Waals surface area contributed by atoms with E-state index in [1.807, 2.05) is 49.4 Å². The maximum atomic E-state index is 12.5. The first-order valence-electron chi connectivity index (χ1n) is 7.49. The van der Waals surface area contributed by atoms with Gasteiger partial charge in [0.1, 0.15) is 0 Å². The van der Waals surface area contributed by atoms with Gasteiger partial charge in [0.05, 0.1) is 18.5 Å². The molecule has 1 aliphatic heterocycles. The average molecular weight is 393 g/mol. The Hall–Kier alpha value is -1.46. The zero-order chi connectivity index (χ0) is 16.2. The summed E-state index contributed by atoms with van der Waals surface area (Å²) in [6.45, 7) is 3.27. The summed E-state index contributed by atoms with van der Waals surface area (Å²) >= 11 is 4.92. The van der Waals surface area contributed by atoms with Crippen molar-refractivity contribution in [3.8, 4) is 11.5 Å². The molecule has 0 unspecified atom stereocenters. The fraction of sp³-hybridized carbons (Fsp3) is 0.278. The molecule has 0 saturated heterocycles. The number of hydrogen-bond acceptors (Lipinski definition) is 4. The van der Waals surface area contributed by atoms with Crippen molar-refractivity contribution in [1.82, 2.24) is 0 Å². The van der Waals surface area contributed by atoms with Gasteiger partial charge in [-0.15, -0.1) is 11.8 Å². The molecule has 0 spiro atoms. The number of carbonyl (C=O) groups is 1. The fourth-order valence-electron chi connectivity index (χ4n) is 2.32. The van der Waals surface area contributed by atoms with Gasteiger partial charge in [-0.2, -0.15) is 0 Å². The van der Waals surface area contributed by atoms with Gasteiger partial charge in [0.2, 0.25) is 0 Å². The first kappa shape index (κ1) is 16.4. The second kappa shape index (κ2) is 7.41. The van der Waals surface area contributed by atoms with Crippen LogP contribution in [0.2, 0.25) is 0 Å². The van der Waals surface area contributed by atoms with E-state index in [1.165, 1.54) is 11.8 Å². The summed E-state index contributed by atoms with van der Waals surface area (Å²) in [4.78, 5) is 13.5. The molecule has 0 saturated carbocycles. The van der Waals surface area contributed by atoms with Gasteiger partial charge in [-0.3, -0.25) is 4.79 Å². The number of carbonyl (C=O) groups excluding carboxylic acids is 1. The molecule has 120 valence electrons. The Morgan fingerprint density at radius 1 is 1.09 bits per heavy atom. The smallest absolute Gasteiger partial charge is 0.175 e. The second-order valence-corrected chi connectivity index (χ2v) is 7.62. The van der Waals surface area contributed by atoms with Crippen LogP contribution >= 0.6 is 27.7 Å². The average Bonchev–Trinajstić information content (AvgIpc) is 2.79. The molecule has 2 aromatic carbocycles. The summed E-state index contributed by atoms with van der Waals surface area (Å²) < 4.78 is 12.3. The number of benzene rings is 2. The number of Topliss-reactive ketones (excluding diaryl/α,β-unsaturated/α-hetero) is 1. The minimum Gasteiger partial charge on any atom is -0.490 e. The minimum absolute atomic E-state index is 0.120. The van der Waals surface area contributed by atoms with Crippen LogP contribution in [0.3, 0.4) is 0 Å². The number of fused-ring (bicyclic) bond motifs is 1. The van der Waals surface area contributed by atoms with Crippen molar-refractivity contribution in [2.75, 3.05) is 13.2 Å². The van der Waals surface area contributed by atoms with E-state index >= 15 is 0 Å². The second-order valence-electron chi connectivity index (χ2n) is 5.29. The lowest BCUT2D eigenvalue weighted by molar-refractivity contribution is 0.0994. The molecule has 0 bridgehead atoms. The minimum atomic E-state index is -0.166. The normalized spacial score (nSPS) is 14.9. The molecule has 5 heteroatoms. The largest absolute Gasteiger partial charge is 0.490 e. The number of ether oxygens (including phenoxy) is 2. The summed E-state index contributed by atoms with van der Waals surface area (Å²) in [5.41, 5.74) is 0.725. The van der Waals surface area contributed by atoms with E-state index in [2.05, 4.69) is 15.9 Å². The Morgan fingerprint density at radius 3 is 2.52 bits per heavy atom. The molecule has 3 nitrogen and oxygen atoms in total. The molecule has 0 N–H and O–H groups in total. The van der Waals surface area contributed by atoms with Crippen LogP contribution in [0.4, 0.5) is 0 Å². The summed E-state index contributed by atoms with van der Waals surface area (Å²) in [6, 6.07) is 13.3. The Balaban J connectivity index is 1.72. The summed E-state index contributed by atoms with van der Waals surface area (Å²) in [6.07, 6.45) is 0.885. The highest BCUT2D eigenvalue weighted by molar-refractivity contribution is 9.10. The predicted molar refractivity (Wildman–Crippen MR) is 95.8 cm³/mol. The SMILES string of the molecule is C[C@H](Sc1ccc2c(c1)OCCCO2)C(=O)c1ccc(Br)cc1. The lowest BCUT2D eigenvalue weighted by atomic mass is 10.1. The van der Waals surface area contributed by atoms with Crippen molar-refractivity contribution in [3.05, 3.63) is 52.5 Å². The zero-order valence-electron chi connectivity index (χ0n) is 12.8. The van der Waals surface area contributed by atoms with E-state index in [4.69, 9.17) is 9.47 Å². The van der Waals surface area contributed by atoms with Crippen molar-refractivity contribution < 1.29 is 14.3 Å². The van der Waals surface area contributed by atoms with E-state index < -0.39 is 0 Å². The molecule has 1 atom stereocenters. The van der Waals surface area contributed by atoms with Crippen LogP contribution < -0.4 is 9.47 Å². The maximum Gasteiger partial charge on any atom is 0.175 e. The van der Waals surface area contributed by atoms with Crippen LogP contribution in [-0.2, 0) is 0 Å². The maximum absolute atomic E-state index is 12.5. The van der Waals surface area contributed by atoms with Crippen molar-refractivity contribution in [1.29, 1.82) is 0 Å². The lowest BCUT2D eigenvalue weighted by Gasteiger charge is -2.13. The van der Waals surface area contributed by atoms with Crippen LogP contribution in [0.15, 0.2) is 51.8 Å². The van der Waals surface area contributed by atoms with Gasteiger partial charge in [-0.25, -0.2) is 0 Å². The molecule has 23 heavy (non-hydrogen) atoms. The molecule has 0 aromatic heterocycles. The molecule has 3 rings (SSSR count). The van der Waals surface area contributed by atoms with Crippen LogP contribution in [0.5, 0.6) is 11.5 Å². The number of rotatable bonds is 4. The highest BCUT2D eigenvalue weighted by Crippen LogP contribution is 2.35. The third-order valence-electron chi connectivity index (χ3n) is 3.53. The number of thioether (sulfide) groups is 1. The van der Waals surface area contributed by atoms with Crippen molar-refractivity contribution in [3.63, 3.8) is 0 Å². The molecule has 0 fully saturated rings. The summed E-state index contributed by atoms with van der Waals surface area (Å²) in [7, 11) is 0. The summed E-state index contributed by atoms with van der Waals surface area (Å²) in [5, 5.41) is -0.166. The Labute approximate surface area is 148 Å². The summed E-state index contributed by atoms with van der Waals surface area (Å²) in [5.74, 6) is 1.66. The first-order chi connectivity index (χ1) is 11.1. The van der Waals surface area contributed by atoms with Gasteiger partial charge in [0, 0.05) is 21.4 Å². The molecule has 1 aliphatic rings. The molecule has 2 aromatic rings. The van der Waals surface area contributed by atoms with Crippen LogP contribution in [0.1, 0.15) is 23.7 Å². The highest BCUT2D eigenvalue weighted by Gasteiger charge is 2.18. The highest BCUT2D eigenvalue weighted by atomic mass is 79.9. The van der Waals surface area contributed by atoms with Crippen LogP contribution in [-0.4, -0.2) is 24.2 Å². The lowest BCUT2D eigenvalue weighted by Crippen LogP contribution is -2.13. The van der Waals surface area contributed by atoms with E-state index in [9.17, 15) is 4.79 Å². The van der Waals surface area contributed by atoms with E-state index in [0.29, 0.717) is 13.2 Å². The van der Waals surface area contributed by atoms with Crippen LogP contribution in [0.25, 0.3) is 0 Å². The van der Waals surface area contributed by atoms with Gasteiger partial charge in [-0.05, 0) is 37.3 Å².